The Kier molecular flexibility index (Phi) is 4.28. The highest BCUT2D eigenvalue weighted by molar-refractivity contribution is 9.11. The Morgan fingerprint density at radius 3 is 2.53 bits per heavy atom. The van der Waals surface area contributed by atoms with E-state index < -0.39 is 0 Å². The lowest BCUT2D eigenvalue weighted by Gasteiger charge is -2.13. The molecule has 0 spiro atoms. The zero-order chi connectivity index (χ0) is 11.6. The molecule has 0 aromatic carbocycles. The summed E-state index contributed by atoms with van der Waals surface area (Å²) >= 11 is 4.80. The third kappa shape index (κ3) is 2.78. The quantitative estimate of drug-likeness (QED) is 0.801. The number of methoxy groups -OCH3 is 1. The number of carbonyl (C=O) groups excluding carboxylic acids is 1. The zero-order valence-electron chi connectivity index (χ0n) is 9.20. The summed E-state index contributed by atoms with van der Waals surface area (Å²) in [5.74, 6) is 0.420. The average Bonchev–Trinajstić information content (AvgIpc) is 2.57. The van der Waals surface area contributed by atoms with Crippen LogP contribution >= 0.6 is 27.3 Å². The minimum atomic E-state index is -0.362. The van der Waals surface area contributed by atoms with E-state index in [4.69, 9.17) is 4.74 Å². The van der Waals surface area contributed by atoms with Crippen molar-refractivity contribution in [3.63, 3.8) is 0 Å². The van der Waals surface area contributed by atoms with E-state index in [0.29, 0.717) is 17.5 Å². The number of carbonyl (C=O) groups is 1. The molecule has 1 rings (SSSR count). The monoisotopic (exact) mass is 291 g/mol. The Hall–Kier alpha value is -0.420. The van der Waals surface area contributed by atoms with Gasteiger partial charge in [0.05, 0.1) is 7.11 Å². The van der Waals surface area contributed by atoms with Crippen LogP contribution in [-0.2, 0) is 4.74 Å². The maximum Gasteiger partial charge on any atom is 0.357 e. The van der Waals surface area contributed by atoms with Gasteiger partial charge in [-0.1, -0.05) is 20.8 Å². The molecule has 1 atom stereocenters. The first kappa shape index (κ1) is 12.6. The van der Waals surface area contributed by atoms with E-state index in [1.54, 1.807) is 0 Å². The summed E-state index contributed by atoms with van der Waals surface area (Å²) in [5, 5.41) is 0. The van der Waals surface area contributed by atoms with E-state index >= 15 is 0 Å². The number of thiazole rings is 1. The number of nitrogens with zero attached hydrogens (tertiary/aromatic N) is 1. The van der Waals surface area contributed by atoms with Gasteiger partial charge < -0.3 is 4.74 Å². The van der Waals surface area contributed by atoms with Crippen molar-refractivity contribution >= 4 is 33.2 Å². The largest absolute Gasteiger partial charge is 0.464 e. The molecule has 1 unspecified atom stereocenters. The van der Waals surface area contributed by atoms with Gasteiger partial charge >= 0.3 is 5.97 Å². The number of aromatic nitrogens is 1. The lowest BCUT2D eigenvalue weighted by atomic mass is 9.95. The summed E-state index contributed by atoms with van der Waals surface area (Å²) in [4.78, 5) is 16.6. The second kappa shape index (κ2) is 5.07. The summed E-state index contributed by atoms with van der Waals surface area (Å²) in [7, 11) is 1.37. The third-order valence-electron chi connectivity index (χ3n) is 2.42. The molecule has 15 heavy (non-hydrogen) atoms. The molecule has 0 aliphatic carbocycles. The Bertz CT molecular complexity index is 362. The Morgan fingerprint density at radius 1 is 1.47 bits per heavy atom. The van der Waals surface area contributed by atoms with E-state index in [9.17, 15) is 4.79 Å². The number of esters is 1. The van der Waals surface area contributed by atoms with Crippen molar-refractivity contribution in [2.45, 2.75) is 26.7 Å². The van der Waals surface area contributed by atoms with E-state index in [0.717, 1.165) is 8.79 Å². The van der Waals surface area contributed by atoms with Crippen LogP contribution in [0.4, 0.5) is 0 Å². The smallest absolute Gasteiger partial charge is 0.357 e. The second-order valence-electron chi connectivity index (χ2n) is 3.70. The van der Waals surface area contributed by atoms with Crippen LogP contribution in [0.5, 0.6) is 0 Å². The molecule has 1 heterocycles. The normalized spacial score (nSPS) is 12.9. The van der Waals surface area contributed by atoms with Crippen LogP contribution in [0, 0.1) is 5.92 Å². The fraction of sp³-hybridized carbons (Fsp3) is 0.600. The van der Waals surface area contributed by atoms with Gasteiger partial charge in [-0.2, -0.15) is 0 Å². The van der Waals surface area contributed by atoms with Crippen LogP contribution in [0.2, 0.25) is 0 Å². The molecule has 84 valence electrons. The lowest BCUT2D eigenvalue weighted by Crippen LogP contribution is -2.09. The molecule has 3 nitrogen and oxygen atoms in total. The Balaban J connectivity index is 3.11. The van der Waals surface area contributed by atoms with Crippen LogP contribution in [0.1, 0.15) is 42.1 Å². The van der Waals surface area contributed by atoms with Crippen molar-refractivity contribution in [3.05, 3.63) is 14.5 Å². The molecule has 0 bridgehead atoms. The summed E-state index contributed by atoms with van der Waals surface area (Å²) < 4.78 is 5.43. The predicted molar refractivity (Wildman–Crippen MR) is 64.4 cm³/mol. The molecular formula is C10H14BrNO2S. The van der Waals surface area contributed by atoms with Gasteiger partial charge in [0.25, 0.3) is 0 Å². The van der Waals surface area contributed by atoms with Gasteiger partial charge in [0.15, 0.2) is 9.61 Å². The number of rotatable bonds is 3. The maximum absolute atomic E-state index is 11.5. The topological polar surface area (TPSA) is 39.2 Å². The van der Waals surface area contributed by atoms with Crippen LogP contribution in [0.3, 0.4) is 0 Å². The third-order valence-corrected chi connectivity index (χ3v) is 4.13. The fourth-order valence-corrected chi connectivity index (χ4v) is 2.86. The van der Waals surface area contributed by atoms with Gasteiger partial charge in [-0.25, -0.2) is 9.78 Å². The minimum absolute atomic E-state index is 0.308. The van der Waals surface area contributed by atoms with E-state index in [2.05, 4.69) is 41.7 Å². The predicted octanol–water partition coefficient (Wildman–Crippen LogP) is 3.45. The van der Waals surface area contributed by atoms with Gasteiger partial charge in [-0.05, 0) is 27.8 Å². The van der Waals surface area contributed by atoms with Gasteiger partial charge in [0, 0.05) is 4.88 Å². The van der Waals surface area contributed by atoms with E-state index in [1.165, 1.54) is 18.4 Å². The summed E-state index contributed by atoms with van der Waals surface area (Å²) in [5.41, 5.74) is 0.440. The SMILES string of the molecule is COC(=O)c1nc(Br)sc1C(C)C(C)C. The van der Waals surface area contributed by atoms with Gasteiger partial charge in [0.2, 0.25) is 0 Å². The summed E-state index contributed by atoms with van der Waals surface area (Å²) in [6, 6.07) is 0. The standard InChI is InChI=1S/C10H14BrNO2S/c1-5(2)6(3)8-7(9(13)14-4)12-10(11)15-8/h5-6H,1-4H3. The van der Waals surface area contributed by atoms with E-state index in [-0.39, 0.29) is 5.97 Å². The van der Waals surface area contributed by atoms with Crippen molar-refractivity contribution < 1.29 is 9.53 Å². The molecule has 0 aliphatic heterocycles. The molecular weight excluding hydrogens is 278 g/mol. The molecule has 0 N–H and O–H groups in total. The highest BCUT2D eigenvalue weighted by atomic mass is 79.9. The molecule has 0 aliphatic rings. The first-order chi connectivity index (χ1) is 6.97. The van der Waals surface area contributed by atoms with Gasteiger partial charge in [-0.15, -0.1) is 11.3 Å². The van der Waals surface area contributed by atoms with Crippen molar-refractivity contribution in [2.75, 3.05) is 7.11 Å². The average molecular weight is 292 g/mol. The molecule has 1 aromatic heterocycles. The highest BCUT2D eigenvalue weighted by Crippen LogP contribution is 2.34. The molecule has 0 amide bonds. The van der Waals surface area contributed by atoms with Crippen LogP contribution in [-0.4, -0.2) is 18.1 Å². The van der Waals surface area contributed by atoms with Crippen molar-refractivity contribution in [1.82, 2.24) is 4.98 Å². The molecule has 1 aromatic rings. The van der Waals surface area contributed by atoms with Crippen molar-refractivity contribution in [2.24, 2.45) is 5.92 Å². The first-order valence-electron chi connectivity index (χ1n) is 4.71. The molecule has 0 radical (unpaired) electrons. The van der Waals surface area contributed by atoms with Gasteiger partial charge in [0.1, 0.15) is 0 Å². The van der Waals surface area contributed by atoms with Crippen molar-refractivity contribution in [3.8, 4) is 0 Å². The lowest BCUT2D eigenvalue weighted by molar-refractivity contribution is 0.0593. The maximum atomic E-state index is 11.5. The molecule has 0 fully saturated rings. The fourth-order valence-electron chi connectivity index (χ4n) is 1.16. The second-order valence-corrected chi connectivity index (χ2v) is 6.01. The van der Waals surface area contributed by atoms with E-state index in [1.807, 2.05) is 0 Å². The molecule has 5 heteroatoms. The Labute approximate surface area is 102 Å². The van der Waals surface area contributed by atoms with Crippen LogP contribution in [0.25, 0.3) is 0 Å². The number of halogens is 1. The first-order valence-corrected chi connectivity index (χ1v) is 6.32. The molecule has 0 saturated heterocycles. The number of hydrogen-bond acceptors (Lipinski definition) is 4. The van der Waals surface area contributed by atoms with Gasteiger partial charge in [-0.3, -0.25) is 0 Å². The Morgan fingerprint density at radius 2 is 2.07 bits per heavy atom. The van der Waals surface area contributed by atoms with Crippen LogP contribution in [0.15, 0.2) is 3.92 Å². The summed E-state index contributed by atoms with van der Waals surface area (Å²) in [6.07, 6.45) is 0. The number of ether oxygens (including phenoxy) is 1. The zero-order valence-corrected chi connectivity index (χ0v) is 11.6. The van der Waals surface area contributed by atoms with Crippen LogP contribution < -0.4 is 0 Å². The number of hydrogen-bond donors (Lipinski definition) is 0. The van der Waals surface area contributed by atoms with Crippen molar-refractivity contribution in [1.29, 1.82) is 0 Å². The molecule has 0 saturated carbocycles. The highest BCUT2D eigenvalue weighted by Gasteiger charge is 2.23. The summed E-state index contributed by atoms with van der Waals surface area (Å²) in [6.45, 7) is 6.34. The minimum Gasteiger partial charge on any atom is -0.464 e.